The first kappa shape index (κ1) is 29.6. The van der Waals surface area contributed by atoms with Crippen LogP contribution in [-0.2, 0) is 4.79 Å². The number of amides is 3. The quantitative estimate of drug-likeness (QED) is 0.479. The second-order valence-corrected chi connectivity index (χ2v) is 12.3. The second kappa shape index (κ2) is 11.4. The van der Waals surface area contributed by atoms with E-state index < -0.39 is 42.2 Å². The van der Waals surface area contributed by atoms with Crippen molar-refractivity contribution in [2.24, 2.45) is 17.6 Å². The Kier molecular flexibility index (Phi) is 8.03. The molecule has 2 aromatic carbocycles. The van der Waals surface area contributed by atoms with Gasteiger partial charge in [-0.2, -0.15) is 5.26 Å². The van der Waals surface area contributed by atoms with Crippen molar-refractivity contribution in [2.75, 3.05) is 13.1 Å². The van der Waals surface area contributed by atoms with Gasteiger partial charge in [-0.15, -0.1) is 0 Å². The Bertz CT molecular complexity index is 1380. The number of nitrogens with zero attached hydrogens (tertiary/aromatic N) is 2. The van der Waals surface area contributed by atoms with Crippen molar-refractivity contribution in [3.63, 3.8) is 0 Å². The molecule has 0 radical (unpaired) electrons. The van der Waals surface area contributed by atoms with Gasteiger partial charge in [0.1, 0.15) is 11.9 Å². The molecule has 2 unspecified atom stereocenters. The van der Waals surface area contributed by atoms with E-state index in [1.54, 1.807) is 30.3 Å². The molecule has 8 nitrogen and oxygen atoms in total. The zero-order valence-electron chi connectivity index (χ0n) is 23.1. The third kappa shape index (κ3) is 6.44. The first-order valence-electron chi connectivity index (χ1n) is 14.2. The van der Waals surface area contributed by atoms with Gasteiger partial charge in [0.05, 0.1) is 19.2 Å². The van der Waals surface area contributed by atoms with E-state index in [1.165, 1.54) is 18.2 Å². The maximum atomic E-state index is 13.8. The Morgan fingerprint density at radius 2 is 1.60 bits per heavy atom. The first-order valence-corrected chi connectivity index (χ1v) is 14.2. The van der Waals surface area contributed by atoms with Crippen LogP contribution in [0.4, 0.5) is 13.2 Å². The number of carbonyl (C=O) groups excluding carboxylic acids is 3. The molecule has 0 aromatic heterocycles. The minimum atomic E-state index is -3.04. The lowest BCUT2D eigenvalue weighted by Crippen LogP contribution is -2.69. The number of nitrogens with two attached hydrogens (primary N) is 1. The van der Waals surface area contributed by atoms with Crippen LogP contribution in [0.2, 0.25) is 0 Å². The van der Waals surface area contributed by atoms with Crippen LogP contribution in [0.3, 0.4) is 0 Å². The molecule has 3 atom stereocenters. The van der Waals surface area contributed by atoms with Gasteiger partial charge in [0.15, 0.2) is 0 Å². The molecule has 1 aliphatic heterocycles. The smallest absolute Gasteiger partial charge is 0.268 e. The number of likely N-dealkylation sites (tertiary alicyclic amines) is 1. The van der Waals surface area contributed by atoms with Gasteiger partial charge >= 0.3 is 0 Å². The molecule has 5 aliphatic rings. The number of nitrogens with one attached hydrogen (secondary N) is 2. The predicted molar refractivity (Wildman–Crippen MR) is 148 cm³/mol. The number of carbonyl (C=O) groups is 3. The molecule has 5 fully saturated rings. The van der Waals surface area contributed by atoms with Crippen molar-refractivity contribution in [2.45, 2.75) is 68.0 Å². The van der Waals surface area contributed by atoms with Gasteiger partial charge in [-0.05, 0) is 80.7 Å². The molecule has 4 aliphatic carbocycles. The number of alkyl halides is 2. The Labute approximate surface area is 242 Å². The maximum absolute atomic E-state index is 13.8. The van der Waals surface area contributed by atoms with Gasteiger partial charge in [0.2, 0.25) is 11.8 Å². The summed E-state index contributed by atoms with van der Waals surface area (Å²) in [6.07, 6.45) is 4.51. The predicted octanol–water partition coefficient (Wildman–Crippen LogP) is 3.78. The van der Waals surface area contributed by atoms with Crippen LogP contribution in [0.1, 0.15) is 65.7 Å². The van der Waals surface area contributed by atoms with Crippen LogP contribution in [0.25, 0.3) is 0 Å². The number of primary amides is 1. The lowest BCUT2D eigenvalue weighted by Gasteiger charge is -2.62. The zero-order valence-corrected chi connectivity index (χ0v) is 23.1. The summed E-state index contributed by atoms with van der Waals surface area (Å²) in [4.78, 5) is 37.0. The van der Waals surface area contributed by atoms with Crippen LogP contribution in [-0.4, -0.2) is 58.8 Å². The van der Waals surface area contributed by atoms with Crippen molar-refractivity contribution < 1.29 is 27.6 Å². The molecule has 2 aromatic rings. The number of rotatable bonds is 6. The van der Waals surface area contributed by atoms with Crippen molar-refractivity contribution in [1.29, 1.82) is 5.26 Å². The highest BCUT2D eigenvalue weighted by molar-refractivity contribution is 5.94. The Morgan fingerprint density at radius 1 is 0.952 bits per heavy atom. The SMILES string of the molecule is N#C[C@@H]1CC(F)(F)CN1C(=O)CNC12CC3CC(C1)CC(NC(=O)c1cccc(F)c1)(C3)C2.NC(=O)c1ccccc1. The third-order valence-electron chi connectivity index (χ3n) is 8.94. The van der Waals surface area contributed by atoms with E-state index in [4.69, 9.17) is 5.73 Å². The Hall–Kier alpha value is -3.91. The number of hydrogen-bond donors (Lipinski definition) is 3. The molecule has 7 rings (SSSR count). The van der Waals surface area contributed by atoms with Crippen LogP contribution in [0.5, 0.6) is 0 Å². The molecule has 11 heteroatoms. The highest BCUT2D eigenvalue weighted by Gasteiger charge is 2.58. The van der Waals surface area contributed by atoms with Crippen molar-refractivity contribution >= 4 is 17.7 Å². The standard InChI is InChI=1S/C24H27F3N4O2.C7H7NO/c25-18-3-1-2-17(5-18)21(33)30-23-8-15-4-16(9-23)7-22(6-15,13-23)29-12-20(32)31-14-24(26,27)10-19(31)11-28;8-7(9)6-4-2-1-3-5-6/h1-3,5,15-16,19,29H,4,6-10,12-14H2,(H,30,33);1-5H,(H2,8,9)/t15?,16?,19-,22?,23?;/m0./s1. The second-order valence-electron chi connectivity index (χ2n) is 12.3. The molecule has 42 heavy (non-hydrogen) atoms. The number of hydrogen-bond acceptors (Lipinski definition) is 5. The highest BCUT2D eigenvalue weighted by Crippen LogP contribution is 2.57. The van der Waals surface area contributed by atoms with E-state index in [2.05, 4.69) is 10.6 Å². The van der Waals surface area contributed by atoms with Crippen LogP contribution < -0.4 is 16.4 Å². The maximum Gasteiger partial charge on any atom is 0.268 e. The third-order valence-corrected chi connectivity index (χ3v) is 8.94. The zero-order chi connectivity index (χ0) is 30.1. The van der Waals surface area contributed by atoms with E-state index in [9.17, 15) is 32.8 Å². The number of nitriles is 1. The normalized spacial score (nSPS) is 30.1. The average Bonchev–Trinajstić information content (AvgIpc) is 3.26. The summed E-state index contributed by atoms with van der Waals surface area (Å²) >= 11 is 0. The molecule has 222 valence electrons. The van der Waals surface area contributed by atoms with Gasteiger partial charge in [-0.1, -0.05) is 24.3 Å². The Morgan fingerprint density at radius 3 is 2.19 bits per heavy atom. The number of halogens is 3. The lowest BCUT2D eigenvalue weighted by molar-refractivity contribution is -0.133. The molecular weight excluding hydrogens is 547 g/mol. The highest BCUT2D eigenvalue weighted by atomic mass is 19.3. The van der Waals surface area contributed by atoms with E-state index in [0.29, 0.717) is 23.8 Å². The van der Waals surface area contributed by atoms with Gasteiger partial charge in [0, 0.05) is 28.6 Å². The van der Waals surface area contributed by atoms with Crippen molar-refractivity contribution in [3.05, 3.63) is 71.5 Å². The summed E-state index contributed by atoms with van der Waals surface area (Å²) < 4.78 is 41.1. The molecular formula is C31H34F3N5O3. The largest absolute Gasteiger partial charge is 0.366 e. The van der Waals surface area contributed by atoms with E-state index >= 15 is 0 Å². The summed E-state index contributed by atoms with van der Waals surface area (Å²) in [5.41, 5.74) is 5.01. The summed E-state index contributed by atoms with van der Waals surface area (Å²) in [7, 11) is 0. The summed E-state index contributed by atoms with van der Waals surface area (Å²) in [6, 6.07) is 15.1. The molecule has 1 saturated heterocycles. The summed E-state index contributed by atoms with van der Waals surface area (Å²) in [5, 5.41) is 15.7. The summed E-state index contributed by atoms with van der Waals surface area (Å²) in [5.74, 6) is -3.90. The first-order chi connectivity index (χ1) is 19.9. The molecule has 4 N–H and O–H groups in total. The van der Waals surface area contributed by atoms with Gasteiger partial charge < -0.3 is 21.3 Å². The van der Waals surface area contributed by atoms with Gasteiger partial charge in [-0.25, -0.2) is 13.2 Å². The topological polar surface area (TPSA) is 128 Å². The molecule has 4 bridgehead atoms. The fraction of sp³-hybridized carbons (Fsp3) is 0.484. The molecule has 1 heterocycles. The molecule has 4 saturated carbocycles. The molecule has 3 amide bonds. The van der Waals surface area contributed by atoms with Crippen LogP contribution in [0, 0.1) is 29.0 Å². The van der Waals surface area contributed by atoms with Crippen molar-refractivity contribution in [3.8, 4) is 6.07 Å². The van der Waals surface area contributed by atoms with Gasteiger partial charge in [0.25, 0.3) is 11.8 Å². The minimum Gasteiger partial charge on any atom is -0.366 e. The fourth-order valence-electron chi connectivity index (χ4n) is 7.72. The Balaban J connectivity index is 0.000000336. The number of benzene rings is 2. The minimum absolute atomic E-state index is 0.110. The van der Waals surface area contributed by atoms with E-state index in [-0.39, 0.29) is 29.5 Å². The van der Waals surface area contributed by atoms with E-state index in [1.807, 2.05) is 12.1 Å². The average molecular weight is 582 g/mol. The monoisotopic (exact) mass is 581 g/mol. The fourth-order valence-corrected chi connectivity index (χ4v) is 7.72. The van der Waals surface area contributed by atoms with Crippen LogP contribution in [0.15, 0.2) is 54.6 Å². The molecule has 0 spiro atoms. The van der Waals surface area contributed by atoms with E-state index in [0.717, 1.165) is 37.0 Å². The van der Waals surface area contributed by atoms with Crippen LogP contribution >= 0.6 is 0 Å². The lowest BCUT2D eigenvalue weighted by atomic mass is 9.50. The van der Waals surface area contributed by atoms with Crippen molar-refractivity contribution in [1.82, 2.24) is 15.5 Å². The summed E-state index contributed by atoms with van der Waals surface area (Å²) in [6.45, 7) is -0.834. The van der Waals surface area contributed by atoms with Gasteiger partial charge in [-0.3, -0.25) is 14.4 Å².